The van der Waals surface area contributed by atoms with Gasteiger partial charge < -0.3 is 11.1 Å². The van der Waals surface area contributed by atoms with Crippen LogP contribution in [-0.2, 0) is 17.6 Å². The first-order valence-corrected chi connectivity index (χ1v) is 8.30. The molecule has 0 saturated heterocycles. The van der Waals surface area contributed by atoms with E-state index < -0.39 is 0 Å². The lowest BCUT2D eigenvalue weighted by Gasteiger charge is -2.14. The van der Waals surface area contributed by atoms with Crippen LogP contribution >= 0.6 is 11.3 Å². The highest BCUT2D eigenvalue weighted by Gasteiger charge is 2.23. The quantitative estimate of drug-likeness (QED) is 0.831. The molecule has 1 aliphatic carbocycles. The zero-order chi connectivity index (χ0) is 14.7. The second-order valence-electron chi connectivity index (χ2n) is 5.55. The number of hydrogen-bond donors (Lipinski definition) is 2. The minimum Gasteiger partial charge on any atom is -0.399 e. The maximum atomic E-state index is 12.1. The molecular formula is C17H20N2OS. The number of fused-ring (bicyclic) bond motifs is 1. The molecule has 3 N–H and O–H groups in total. The highest BCUT2D eigenvalue weighted by molar-refractivity contribution is 7.09. The van der Waals surface area contributed by atoms with Crippen molar-refractivity contribution in [1.82, 2.24) is 5.32 Å². The standard InChI is InChI=1S/C17H20N2OS/c18-13-7-8-15-12(11-13)6-9-16(15)19-17(20)5-1-3-14-4-2-10-21-14/h2,4,7-8,10-11,16H,1,3,5-6,9,18H2,(H,19,20). The third kappa shape index (κ3) is 3.45. The van der Waals surface area contributed by atoms with E-state index >= 15 is 0 Å². The number of nitrogen functional groups attached to an aromatic ring is 1. The summed E-state index contributed by atoms with van der Waals surface area (Å²) in [5.41, 5.74) is 9.11. The van der Waals surface area contributed by atoms with Crippen LogP contribution in [0.1, 0.15) is 41.3 Å². The number of thiophene rings is 1. The van der Waals surface area contributed by atoms with Crippen molar-refractivity contribution < 1.29 is 4.79 Å². The summed E-state index contributed by atoms with van der Waals surface area (Å²) in [4.78, 5) is 13.4. The summed E-state index contributed by atoms with van der Waals surface area (Å²) < 4.78 is 0. The molecule has 0 aliphatic heterocycles. The number of aryl methyl sites for hydroxylation is 2. The van der Waals surface area contributed by atoms with E-state index in [9.17, 15) is 4.79 Å². The van der Waals surface area contributed by atoms with Crippen LogP contribution in [0, 0.1) is 0 Å². The monoisotopic (exact) mass is 300 g/mol. The number of carbonyl (C=O) groups excluding carboxylic acids is 1. The van der Waals surface area contributed by atoms with Crippen LogP contribution in [0.5, 0.6) is 0 Å². The van der Waals surface area contributed by atoms with Gasteiger partial charge in [-0.3, -0.25) is 4.79 Å². The van der Waals surface area contributed by atoms with Gasteiger partial charge in [-0.1, -0.05) is 12.1 Å². The van der Waals surface area contributed by atoms with Gasteiger partial charge in [-0.25, -0.2) is 0 Å². The van der Waals surface area contributed by atoms with E-state index in [1.807, 2.05) is 18.2 Å². The van der Waals surface area contributed by atoms with E-state index in [0.717, 1.165) is 31.4 Å². The van der Waals surface area contributed by atoms with Crippen molar-refractivity contribution in [2.45, 2.75) is 38.1 Å². The lowest BCUT2D eigenvalue weighted by Crippen LogP contribution is -2.26. The van der Waals surface area contributed by atoms with Gasteiger partial charge in [0, 0.05) is 17.0 Å². The van der Waals surface area contributed by atoms with Crippen LogP contribution in [0.25, 0.3) is 0 Å². The largest absolute Gasteiger partial charge is 0.399 e. The molecule has 4 heteroatoms. The second kappa shape index (κ2) is 6.31. The Morgan fingerprint density at radius 2 is 2.29 bits per heavy atom. The van der Waals surface area contributed by atoms with Crippen LogP contribution in [0.3, 0.4) is 0 Å². The number of carbonyl (C=O) groups is 1. The molecule has 0 spiro atoms. The molecule has 0 radical (unpaired) electrons. The fourth-order valence-corrected chi connectivity index (χ4v) is 3.68. The zero-order valence-electron chi connectivity index (χ0n) is 12.0. The molecular weight excluding hydrogens is 280 g/mol. The lowest BCUT2D eigenvalue weighted by atomic mass is 10.1. The van der Waals surface area contributed by atoms with Crippen molar-refractivity contribution in [3.8, 4) is 0 Å². The average Bonchev–Trinajstić information content (AvgIpc) is 3.09. The molecule has 1 unspecified atom stereocenters. The predicted octanol–water partition coefficient (Wildman–Crippen LogP) is 3.46. The third-order valence-electron chi connectivity index (χ3n) is 3.99. The fraction of sp³-hybridized carbons (Fsp3) is 0.353. The number of anilines is 1. The molecule has 21 heavy (non-hydrogen) atoms. The first-order chi connectivity index (χ1) is 10.2. The maximum Gasteiger partial charge on any atom is 0.220 e. The number of rotatable bonds is 5. The van der Waals surface area contributed by atoms with E-state index in [-0.39, 0.29) is 11.9 Å². The highest BCUT2D eigenvalue weighted by Crippen LogP contribution is 2.32. The number of amides is 1. The van der Waals surface area contributed by atoms with Gasteiger partial charge in [0.2, 0.25) is 5.91 Å². The fourth-order valence-electron chi connectivity index (χ4n) is 2.93. The molecule has 3 nitrogen and oxygen atoms in total. The van der Waals surface area contributed by atoms with Crippen LogP contribution < -0.4 is 11.1 Å². The molecule has 1 aliphatic rings. The number of benzene rings is 1. The third-order valence-corrected chi connectivity index (χ3v) is 4.92. The maximum absolute atomic E-state index is 12.1. The van der Waals surface area contributed by atoms with Crippen LogP contribution in [0.4, 0.5) is 5.69 Å². The van der Waals surface area contributed by atoms with Gasteiger partial charge in [0.15, 0.2) is 0 Å². The smallest absolute Gasteiger partial charge is 0.220 e. The minimum atomic E-state index is 0.154. The molecule has 1 atom stereocenters. The molecule has 1 aromatic heterocycles. The highest BCUT2D eigenvalue weighted by atomic mass is 32.1. The van der Waals surface area contributed by atoms with Gasteiger partial charge >= 0.3 is 0 Å². The average molecular weight is 300 g/mol. The van der Waals surface area contributed by atoms with E-state index in [0.29, 0.717) is 6.42 Å². The lowest BCUT2D eigenvalue weighted by molar-refractivity contribution is -0.121. The van der Waals surface area contributed by atoms with Gasteiger partial charge in [-0.05, 0) is 60.4 Å². The Morgan fingerprint density at radius 1 is 1.38 bits per heavy atom. The van der Waals surface area contributed by atoms with Gasteiger partial charge in [0.05, 0.1) is 6.04 Å². The summed E-state index contributed by atoms with van der Waals surface area (Å²) in [6.45, 7) is 0. The summed E-state index contributed by atoms with van der Waals surface area (Å²) in [5, 5.41) is 5.24. The van der Waals surface area contributed by atoms with Gasteiger partial charge in [-0.2, -0.15) is 0 Å². The summed E-state index contributed by atoms with van der Waals surface area (Å²) in [6, 6.07) is 10.3. The van der Waals surface area contributed by atoms with Crippen LogP contribution in [0.2, 0.25) is 0 Å². The summed E-state index contributed by atoms with van der Waals surface area (Å²) in [6.07, 6.45) is 4.48. The van der Waals surface area contributed by atoms with Crippen LogP contribution in [-0.4, -0.2) is 5.91 Å². The van der Waals surface area contributed by atoms with Crippen molar-refractivity contribution in [2.24, 2.45) is 0 Å². The molecule has 110 valence electrons. The SMILES string of the molecule is Nc1ccc2c(c1)CCC2NC(=O)CCCc1cccs1. The first kappa shape index (κ1) is 14.1. The molecule has 1 heterocycles. The second-order valence-corrected chi connectivity index (χ2v) is 6.58. The summed E-state index contributed by atoms with van der Waals surface area (Å²) >= 11 is 1.76. The van der Waals surface area contributed by atoms with E-state index in [2.05, 4.69) is 22.8 Å². The van der Waals surface area contributed by atoms with E-state index in [4.69, 9.17) is 5.73 Å². The minimum absolute atomic E-state index is 0.154. The Morgan fingerprint density at radius 3 is 3.10 bits per heavy atom. The Bertz CT molecular complexity index is 622. The predicted molar refractivity (Wildman–Crippen MR) is 87.3 cm³/mol. The Kier molecular flexibility index (Phi) is 4.25. The molecule has 1 amide bonds. The summed E-state index contributed by atoms with van der Waals surface area (Å²) in [5.74, 6) is 0.154. The van der Waals surface area contributed by atoms with Crippen molar-refractivity contribution in [3.05, 3.63) is 51.7 Å². The van der Waals surface area contributed by atoms with Crippen molar-refractivity contribution in [1.29, 1.82) is 0 Å². The molecule has 3 rings (SSSR count). The molecule has 0 bridgehead atoms. The van der Waals surface area contributed by atoms with E-state index in [1.165, 1.54) is 16.0 Å². The topological polar surface area (TPSA) is 55.1 Å². The van der Waals surface area contributed by atoms with E-state index in [1.54, 1.807) is 11.3 Å². The summed E-state index contributed by atoms with van der Waals surface area (Å²) in [7, 11) is 0. The van der Waals surface area contributed by atoms with Crippen LogP contribution in [0.15, 0.2) is 35.7 Å². The normalized spacial score (nSPS) is 16.7. The Balaban J connectivity index is 1.50. The molecule has 1 aromatic carbocycles. The molecule has 2 aromatic rings. The van der Waals surface area contributed by atoms with Gasteiger partial charge in [-0.15, -0.1) is 11.3 Å². The van der Waals surface area contributed by atoms with Crippen molar-refractivity contribution >= 4 is 22.9 Å². The van der Waals surface area contributed by atoms with Crippen molar-refractivity contribution in [2.75, 3.05) is 5.73 Å². The molecule has 0 fully saturated rings. The van der Waals surface area contributed by atoms with Crippen molar-refractivity contribution in [3.63, 3.8) is 0 Å². The Labute approximate surface area is 129 Å². The van der Waals surface area contributed by atoms with Gasteiger partial charge in [0.1, 0.15) is 0 Å². The first-order valence-electron chi connectivity index (χ1n) is 7.42. The number of hydrogen-bond acceptors (Lipinski definition) is 3. The number of nitrogens with one attached hydrogen (secondary N) is 1. The molecule has 0 saturated carbocycles. The number of nitrogens with two attached hydrogens (primary N) is 1. The Hall–Kier alpha value is -1.81. The van der Waals surface area contributed by atoms with Gasteiger partial charge in [0.25, 0.3) is 0 Å². The zero-order valence-corrected chi connectivity index (χ0v) is 12.8.